The van der Waals surface area contributed by atoms with E-state index in [9.17, 15) is 19.7 Å². The van der Waals surface area contributed by atoms with E-state index in [0.29, 0.717) is 5.69 Å². The molecule has 1 aromatic heterocycles. The highest BCUT2D eigenvalue weighted by atomic mass is 32.1. The average molecular weight is 367 g/mol. The first-order valence-electron chi connectivity index (χ1n) is 7.39. The van der Waals surface area contributed by atoms with E-state index in [-0.39, 0.29) is 42.4 Å². The number of nitrogens with zero attached hydrogens (tertiary/aromatic N) is 2. The second-order valence-corrected chi connectivity index (χ2v) is 5.89. The number of hydrogen-bond acceptors (Lipinski definition) is 8. The van der Waals surface area contributed by atoms with Crippen LogP contribution in [0.2, 0.25) is 0 Å². The van der Waals surface area contributed by atoms with Crippen molar-refractivity contribution in [3.05, 3.63) is 54.6 Å². The number of rotatable bonds is 8. The number of aryl methyl sites for hydroxylation is 1. The van der Waals surface area contributed by atoms with Gasteiger partial charge < -0.3 is 15.2 Å². The predicted molar refractivity (Wildman–Crippen MR) is 92.3 cm³/mol. The summed E-state index contributed by atoms with van der Waals surface area (Å²) in [6, 6.07) is 3.76. The minimum atomic E-state index is -0.745. The van der Waals surface area contributed by atoms with Gasteiger partial charge in [-0.05, 0) is 13.0 Å². The molecule has 0 unspecified atom stereocenters. The van der Waals surface area contributed by atoms with Gasteiger partial charge in [0.2, 0.25) is 0 Å². The normalized spacial score (nSPS) is 10.5. The summed E-state index contributed by atoms with van der Waals surface area (Å²) in [6.07, 6.45) is 0. The Morgan fingerprint density at radius 1 is 1.48 bits per heavy atom. The van der Waals surface area contributed by atoms with E-state index in [4.69, 9.17) is 9.84 Å². The Labute approximate surface area is 146 Å². The summed E-state index contributed by atoms with van der Waals surface area (Å²) in [6.45, 7) is 1.96. The Hall–Kier alpha value is -2.72. The van der Waals surface area contributed by atoms with Crippen LogP contribution in [0.5, 0.6) is 0 Å². The molecule has 9 nitrogen and oxygen atoms in total. The number of esters is 1. The first kappa shape index (κ1) is 18.6. The fourth-order valence-electron chi connectivity index (χ4n) is 2.14. The van der Waals surface area contributed by atoms with Crippen LogP contribution < -0.4 is 10.2 Å². The zero-order chi connectivity index (χ0) is 18.4. The number of aliphatic hydroxyl groups is 1. The van der Waals surface area contributed by atoms with Crippen LogP contribution in [-0.2, 0) is 11.3 Å². The third kappa shape index (κ3) is 4.64. The van der Waals surface area contributed by atoms with Crippen LogP contribution in [0.1, 0.15) is 16.1 Å². The summed E-state index contributed by atoms with van der Waals surface area (Å²) in [4.78, 5) is 34.0. The number of thiazole rings is 1. The Kier molecular flexibility index (Phi) is 6.25. The Bertz CT molecular complexity index is 829. The molecule has 0 spiro atoms. The molecule has 0 bridgehead atoms. The molecule has 25 heavy (non-hydrogen) atoms. The van der Waals surface area contributed by atoms with Gasteiger partial charge in [0.15, 0.2) is 0 Å². The van der Waals surface area contributed by atoms with Crippen LogP contribution in [-0.4, -0.2) is 40.3 Å². The van der Waals surface area contributed by atoms with Crippen molar-refractivity contribution in [3.63, 3.8) is 0 Å². The van der Waals surface area contributed by atoms with Crippen LogP contribution in [0, 0.1) is 17.0 Å². The quantitative estimate of drug-likeness (QED) is 0.410. The molecule has 0 aliphatic rings. The zero-order valence-electron chi connectivity index (χ0n) is 13.4. The van der Waals surface area contributed by atoms with Crippen LogP contribution in [0.15, 0.2) is 28.4 Å². The summed E-state index contributed by atoms with van der Waals surface area (Å²) in [7, 11) is 0. The van der Waals surface area contributed by atoms with Gasteiger partial charge in [-0.3, -0.25) is 19.5 Å². The molecule has 0 aliphatic carbocycles. The topological polar surface area (TPSA) is 124 Å². The maximum absolute atomic E-state index is 12.3. The second kappa shape index (κ2) is 8.40. The first-order valence-corrected chi connectivity index (χ1v) is 8.27. The molecule has 1 aromatic carbocycles. The third-order valence-electron chi connectivity index (χ3n) is 3.39. The van der Waals surface area contributed by atoms with Gasteiger partial charge in [-0.15, -0.1) is 0 Å². The van der Waals surface area contributed by atoms with Crippen molar-refractivity contribution in [1.82, 2.24) is 4.57 Å². The third-order valence-corrected chi connectivity index (χ3v) is 4.27. The van der Waals surface area contributed by atoms with Crippen molar-refractivity contribution >= 4 is 28.7 Å². The minimum Gasteiger partial charge on any atom is -0.460 e. The molecule has 2 N–H and O–H groups in total. The Morgan fingerprint density at radius 3 is 2.84 bits per heavy atom. The van der Waals surface area contributed by atoms with E-state index in [0.717, 1.165) is 23.1 Å². The van der Waals surface area contributed by atoms with Crippen molar-refractivity contribution in [2.24, 2.45) is 0 Å². The van der Waals surface area contributed by atoms with E-state index >= 15 is 0 Å². The molecule has 0 fully saturated rings. The van der Waals surface area contributed by atoms with Gasteiger partial charge in [-0.2, -0.15) is 0 Å². The average Bonchev–Trinajstić information content (AvgIpc) is 2.91. The van der Waals surface area contributed by atoms with Crippen LogP contribution >= 0.6 is 11.3 Å². The number of hydrogen-bond donors (Lipinski definition) is 2. The molecule has 134 valence electrons. The lowest BCUT2D eigenvalue weighted by Crippen LogP contribution is -2.20. The lowest BCUT2D eigenvalue weighted by molar-refractivity contribution is -0.384. The number of nitro benzene ring substituents is 1. The van der Waals surface area contributed by atoms with Crippen molar-refractivity contribution in [1.29, 1.82) is 0 Å². The van der Waals surface area contributed by atoms with Gasteiger partial charge in [0, 0.05) is 35.4 Å². The smallest absolute Gasteiger partial charge is 0.340 e. The maximum atomic E-state index is 12.3. The molecule has 0 saturated heterocycles. The van der Waals surface area contributed by atoms with E-state index in [1.807, 2.05) is 0 Å². The predicted octanol–water partition coefficient (Wildman–Crippen LogP) is 1.39. The van der Waals surface area contributed by atoms with Crippen LogP contribution in [0.4, 0.5) is 11.4 Å². The minimum absolute atomic E-state index is 0.00274. The number of nitrogens with one attached hydrogen (secondary N) is 1. The highest BCUT2D eigenvalue weighted by Gasteiger charge is 2.18. The van der Waals surface area contributed by atoms with Gasteiger partial charge >= 0.3 is 10.8 Å². The first-order chi connectivity index (χ1) is 11.9. The van der Waals surface area contributed by atoms with Gasteiger partial charge in [-0.25, -0.2) is 4.79 Å². The molecule has 0 atom stereocenters. The van der Waals surface area contributed by atoms with Crippen molar-refractivity contribution in [2.75, 3.05) is 25.1 Å². The molecule has 2 rings (SSSR count). The fourth-order valence-corrected chi connectivity index (χ4v) is 2.90. The fraction of sp³-hybridized carbons (Fsp3) is 0.333. The molecule has 0 saturated carbocycles. The standard InChI is InChI=1S/C15H17N3O6S/c1-10-9-25-15(21)17(10)5-7-24-14(20)12-8-11(18(22)23)2-3-13(12)16-4-6-19/h2-3,8-9,16,19H,4-7H2,1H3. The molecule has 0 radical (unpaired) electrons. The van der Waals surface area contributed by atoms with Crippen LogP contribution in [0.3, 0.4) is 0 Å². The second-order valence-electron chi connectivity index (χ2n) is 5.07. The molecule has 10 heteroatoms. The number of nitro groups is 1. The Morgan fingerprint density at radius 2 is 2.24 bits per heavy atom. The maximum Gasteiger partial charge on any atom is 0.340 e. The zero-order valence-corrected chi connectivity index (χ0v) is 14.2. The summed E-state index contributed by atoms with van der Waals surface area (Å²) >= 11 is 1.06. The molecular weight excluding hydrogens is 350 g/mol. The number of carbonyl (C=O) groups excluding carboxylic acids is 1. The number of benzene rings is 1. The van der Waals surface area contributed by atoms with Gasteiger partial charge in [0.05, 0.1) is 23.6 Å². The molecule has 0 amide bonds. The molecule has 2 aromatic rings. The summed E-state index contributed by atoms with van der Waals surface area (Å²) in [5, 5.41) is 24.3. The van der Waals surface area contributed by atoms with Crippen molar-refractivity contribution in [3.8, 4) is 0 Å². The molecular formula is C15H17N3O6S. The van der Waals surface area contributed by atoms with Crippen molar-refractivity contribution in [2.45, 2.75) is 13.5 Å². The van der Waals surface area contributed by atoms with Gasteiger partial charge in [-0.1, -0.05) is 11.3 Å². The summed E-state index contributed by atoms with van der Waals surface area (Å²) in [5.41, 5.74) is 0.851. The number of ether oxygens (including phenoxy) is 1. The Balaban J connectivity index is 2.11. The number of carbonyl (C=O) groups is 1. The molecule has 0 aliphatic heterocycles. The molecule has 1 heterocycles. The van der Waals surface area contributed by atoms with Gasteiger partial charge in [0.1, 0.15) is 6.61 Å². The SMILES string of the molecule is Cc1csc(=O)n1CCOC(=O)c1cc([N+](=O)[O-])ccc1NCCO. The number of non-ortho nitro benzene ring substituents is 1. The number of aromatic nitrogens is 1. The van der Waals surface area contributed by atoms with E-state index in [1.54, 1.807) is 12.3 Å². The largest absolute Gasteiger partial charge is 0.460 e. The number of aliphatic hydroxyl groups excluding tert-OH is 1. The van der Waals surface area contributed by atoms with E-state index < -0.39 is 10.9 Å². The van der Waals surface area contributed by atoms with Gasteiger partial charge in [0.25, 0.3) is 5.69 Å². The van der Waals surface area contributed by atoms with E-state index in [1.165, 1.54) is 16.7 Å². The van der Waals surface area contributed by atoms with Crippen molar-refractivity contribution < 1.29 is 19.6 Å². The van der Waals surface area contributed by atoms with Crippen LogP contribution in [0.25, 0.3) is 0 Å². The highest BCUT2D eigenvalue weighted by Crippen LogP contribution is 2.23. The summed E-state index contributed by atoms with van der Waals surface area (Å²) < 4.78 is 6.63. The summed E-state index contributed by atoms with van der Waals surface area (Å²) in [5.74, 6) is -0.745. The highest BCUT2D eigenvalue weighted by molar-refractivity contribution is 7.07. The monoisotopic (exact) mass is 367 g/mol. The number of anilines is 1. The lowest BCUT2D eigenvalue weighted by atomic mass is 10.1. The van der Waals surface area contributed by atoms with E-state index in [2.05, 4.69) is 5.32 Å². The lowest BCUT2D eigenvalue weighted by Gasteiger charge is -2.11.